The molecule has 5 aromatic rings. The molecule has 33 heavy (non-hydrogen) atoms. The first-order chi connectivity index (χ1) is 16.2. The summed E-state index contributed by atoms with van der Waals surface area (Å²) < 4.78 is 0. The molecule has 0 saturated carbocycles. The van der Waals surface area contributed by atoms with Crippen LogP contribution in [0.3, 0.4) is 0 Å². The van der Waals surface area contributed by atoms with Crippen LogP contribution in [-0.2, 0) is 9.59 Å². The molecule has 0 atom stereocenters. The number of aromatic amines is 1. The Balaban J connectivity index is 1.18. The smallest absolute Gasteiger partial charge is 0.318 e. The van der Waals surface area contributed by atoms with Gasteiger partial charge in [0.2, 0.25) is 5.13 Å². The standard InChI is InChI=1S/C22H16N8O2S/c31-19(20(32)29-30-22-25-16-7-4-12-23-21(16)33-22)24-15-10-8-14(9-11-15)18-26-17(27-28-18)13-5-2-1-3-6-13/h1-12H,(H,24,31)(H,25,30)(H,29,32)(H,26,27,28). The molecule has 11 heteroatoms. The third-order valence-corrected chi connectivity index (χ3v) is 5.48. The van der Waals surface area contributed by atoms with Crippen molar-refractivity contribution in [1.29, 1.82) is 0 Å². The Kier molecular flexibility index (Phi) is 5.43. The third-order valence-electron chi connectivity index (χ3n) is 4.59. The van der Waals surface area contributed by atoms with Crippen LogP contribution in [0.4, 0.5) is 10.8 Å². The Labute approximate surface area is 191 Å². The number of carbonyl (C=O) groups excluding carboxylic acids is 2. The fourth-order valence-corrected chi connectivity index (χ4v) is 3.76. The second-order valence-electron chi connectivity index (χ2n) is 6.83. The predicted molar refractivity (Wildman–Crippen MR) is 125 cm³/mol. The number of fused-ring (bicyclic) bond motifs is 1. The number of amides is 2. The Bertz CT molecular complexity index is 1400. The first kappa shape index (κ1) is 20.3. The molecule has 0 aliphatic heterocycles. The normalized spacial score (nSPS) is 10.7. The molecule has 0 bridgehead atoms. The second-order valence-corrected chi connectivity index (χ2v) is 7.81. The summed E-state index contributed by atoms with van der Waals surface area (Å²) in [6.45, 7) is 0. The van der Waals surface area contributed by atoms with E-state index in [2.05, 4.69) is 41.3 Å². The van der Waals surface area contributed by atoms with E-state index in [1.165, 1.54) is 11.3 Å². The summed E-state index contributed by atoms with van der Waals surface area (Å²) in [7, 11) is 0. The van der Waals surface area contributed by atoms with Gasteiger partial charge < -0.3 is 5.32 Å². The Morgan fingerprint density at radius 2 is 1.67 bits per heavy atom. The first-order valence-electron chi connectivity index (χ1n) is 9.83. The Hall–Kier alpha value is -4.64. The molecule has 0 saturated heterocycles. The quantitative estimate of drug-likeness (QED) is 0.235. The molecule has 162 valence electrons. The maximum absolute atomic E-state index is 12.2. The Morgan fingerprint density at radius 3 is 2.45 bits per heavy atom. The van der Waals surface area contributed by atoms with Gasteiger partial charge in [-0.3, -0.25) is 25.5 Å². The van der Waals surface area contributed by atoms with Gasteiger partial charge in [-0.2, -0.15) is 5.10 Å². The molecule has 3 heterocycles. The van der Waals surface area contributed by atoms with Crippen LogP contribution in [0, 0.1) is 0 Å². The number of thiazole rings is 1. The molecule has 4 N–H and O–H groups in total. The predicted octanol–water partition coefficient (Wildman–Crippen LogP) is 3.23. The van der Waals surface area contributed by atoms with Crippen LogP contribution in [0.5, 0.6) is 0 Å². The van der Waals surface area contributed by atoms with Crippen molar-refractivity contribution in [3.63, 3.8) is 0 Å². The number of nitrogens with one attached hydrogen (secondary N) is 4. The first-order valence-corrected chi connectivity index (χ1v) is 10.6. The maximum atomic E-state index is 12.2. The summed E-state index contributed by atoms with van der Waals surface area (Å²) in [5, 5.41) is 10.1. The minimum atomic E-state index is -0.853. The third kappa shape index (κ3) is 4.52. The summed E-state index contributed by atoms with van der Waals surface area (Å²) in [5.41, 5.74) is 7.83. The van der Waals surface area contributed by atoms with Crippen LogP contribution < -0.4 is 16.2 Å². The molecule has 0 spiro atoms. The molecule has 5 rings (SSSR count). The number of anilines is 2. The van der Waals surface area contributed by atoms with Crippen LogP contribution in [0.15, 0.2) is 72.9 Å². The van der Waals surface area contributed by atoms with Crippen molar-refractivity contribution >= 4 is 44.3 Å². The number of pyridine rings is 1. The number of carbonyl (C=O) groups is 2. The van der Waals surface area contributed by atoms with Gasteiger partial charge >= 0.3 is 11.8 Å². The van der Waals surface area contributed by atoms with E-state index in [0.29, 0.717) is 28.0 Å². The van der Waals surface area contributed by atoms with Crippen molar-refractivity contribution in [2.75, 3.05) is 10.7 Å². The Morgan fingerprint density at radius 1 is 0.848 bits per heavy atom. The average molecular weight is 456 g/mol. The van der Waals surface area contributed by atoms with E-state index in [0.717, 1.165) is 16.0 Å². The van der Waals surface area contributed by atoms with Crippen LogP contribution in [0.2, 0.25) is 0 Å². The second kappa shape index (κ2) is 8.85. The lowest BCUT2D eigenvalue weighted by atomic mass is 10.2. The van der Waals surface area contributed by atoms with E-state index in [9.17, 15) is 9.59 Å². The van der Waals surface area contributed by atoms with Crippen LogP contribution in [-0.4, -0.2) is 37.0 Å². The molecule has 0 aliphatic carbocycles. The van der Waals surface area contributed by atoms with Gasteiger partial charge in [0.25, 0.3) is 0 Å². The van der Waals surface area contributed by atoms with Crippen molar-refractivity contribution in [2.45, 2.75) is 0 Å². The lowest BCUT2D eigenvalue weighted by molar-refractivity contribution is -0.135. The SMILES string of the molecule is O=C(NNc1nc2cccnc2s1)C(=O)Nc1ccc(-c2nc(-c3ccccc3)n[nH]2)cc1. The zero-order chi connectivity index (χ0) is 22.6. The lowest BCUT2D eigenvalue weighted by Crippen LogP contribution is -2.38. The summed E-state index contributed by atoms with van der Waals surface area (Å²) in [5.74, 6) is -0.482. The molecule has 10 nitrogen and oxygen atoms in total. The van der Waals surface area contributed by atoms with Crippen LogP contribution in [0.1, 0.15) is 0 Å². The topological polar surface area (TPSA) is 138 Å². The number of hydrogen-bond acceptors (Lipinski definition) is 8. The fourth-order valence-electron chi connectivity index (χ4n) is 3.00. The number of aromatic nitrogens is 5. The average Bonchev–Trinajstić information content (AvgIpc) is 3.51. The van der Waals surface area contributed by atoms with Gasteiger partial charge in [0.15, 0.2) is 11.6 Å². The molecule has 0 radical (unpaired) electrons. The largest absolute Gasteiger partial charge is 0.328 e. The highest BCUT2D eigenvalue weighted by Gasteiger charge is 2.15. The van der Waals surface area contributed by atoms with Crippen molar-refractivity contribution in [3.8, 4) is 22.8 Å². The zero-order valence-corrected chi connectivity index (χ0v) is 17.8. The van der Waals surface area contributed by atoms with E-state index in [-0.39, 0.29) is 0 Å². The number of rotatable bonds is 5. The molecule has 2 amide bonds. The summed E-state index contributed by atoms with van der Waals surface area (Å²) >= 11 is 1.26. The number of benzene rings is 2. The van der Waals surface area contributed by atoms with E-state index in [1.54, 1.807) is 36.5 Å². The number of hydrazine groups is 1. The minimum absolute atomic E-state index is 0.427. The highest BCUT2D eigenvalue weighted by Crippen LogP contribution is 2.23. The van der Waals surface area contributed by atoms with Crippen molar-refractivity contribution in [3.05, 3.63) is 72.9 Å². The number of H-pyrrole nitrogens is 1. The molecule has 0 fully saturated rings. The van der Waals surface area contributed by atoms with Crippen molar-refractivity contribution in [2.24, 2.45) is 0 Å². The highest BCUT2D eigenvalue weighted by atomic mass is 32.1. The number of hydrogen-bond donors (Lipinski definition) is 4. The molecule has 2 aromatic carbocycles. The van der Waals surface area contributed by atoms with E-state index in [4.69, 9.17) is 0 Å². The highest BCUT2D eigenvalue weighted by molar-refractivity contribution is 7.21. The molecule has 0 aliphatic rings. The van der Waals surface area contributed by atoms with Crippen LogP contribution in [0.25, 0.3) is 33.1 Å². The van der Waals surface area contributed by atoms with Crippen molar-refractivity contribution in [1.82, 2.24) is 30.6 Å². The summed E-state index contributed by atoms with van der Waals surface area (Å²) in [6, 6.07) is 20.1. The van der Waals surface area contributed by atoms with Gasteiger partial charge in [0, 0.05) is 23.0 Å². The van der Waals surface area contributed by atoms with Crippen LogP contribution >= 0.6 is 11.3 Å². The van der Waals surface area contributed by atoms with Gasteiger partial charge in [0.05, 0.1) is 0 Å². The van der Waals surface area contributed by atoms with Gasteiger partial charge in [-0.25, -0.2) is 15.0 Å². The van der Waals surface area contributed by atoms with Gasteiger partial charge in [-0.1, -0.05) is 41.7 Å². The van der Waals surface area contributed by atoms with E-state index < -0.39 is 11.8 Å². The molecule has 3 aromatic heterocycles. The number of nitrogens with zero attached hydrogens (tertiary/aromatic N) is 4. The monoisotopic (exact) mass is 456 g/mol. The fraction of sp³-hybridized carbons (Fsp3) is 0. The van der Waals surface area contributed by atoms with Gasteiger partial charge in [-0.15, -0.1) is 0 Å². The van der Waals surface area contributed by atoms with Gasteiger partial charge in [0.1, 0.15) is 10.3 Å². The van der Waals surface area contributed by atoms with Gasteiger partial charge in [-0.05, 0) is 36.4 Å². The molecule has 0 unspecified atom stereocenters. The van der Waals surface area contributed by atoms with Crippen molar-refractivity contribution < 1.29 is 9.59 Å². The lowest BCUT2D eigenvalue weighted by Gasteiger charge is -2.07. The van der Waals surface area contributed by atoms with E-state index >= 15 is 0 Å². The zero-order valence-electron chi connectivity index (χ0n) is 16.9. The summed E-state index contributed by atoms with van der Waals surface area (Å²) in [6.07, 6.45) is 1.66. The van der Waals surface area contributed by atoms with E-state index in [1.807, 2.05) is 36.4 Å². The minimum Gasteiger partial charge on any atom is -0.318 e. The molecular weight excluding hydrogens is 440 g/mol. The molecular formula is C22H16N8O2S. The summed E-state index contributed by atoms with van der Waals surface area (Å²) in [4.78, 5) is 38.0. The maximum Gasteiger partial charge on any atom is 0.328 e.